The van der Waals surface area contributed by atoms with Crippen LogP contribution in [0.4, 0.5) is 5.69 Å². The van der Waals surface area contributed by atoms with Crippen molar-refractivity contribution in [1.29, 1.82) is 0 Å². The van der Waals surface area contributed by atoms with E-state index in [0.29, 0.717) is 22.5 Å². The molecular formula is C13H17BrN2O3. The zero-order valence-corrected chi connectivity index (χ0v) is 12.4. The number of hydrogen-bond acceptors (Lipinski definition) is 3. The number of nitrogens with one attached hydrogen (secondary N) is 1. The first kappa shape index (κ1) is 15.7. The molecule has 104 valence electrons. The highest BCUT2D eigenvalue weighted by Crippen LogP contribution is 2.24. The van der Waals surface area contributed by atoms with Crippen molar-refractivity contribution >= 4 is 33.5 Å². The average molecular weight is 329 g/mol. The average Bonchev–Trinajstić information content (AvgIpc) is 2.30. The molecular weight excluding hydrogens is 312 g/mol. The van der Waals surface area contributed by atoms with Gasteiger partial charge in [-0.2, -0.15) is 0 Å². The van der Waals surface area contributed by atoms with Crippen molar-refractivity contribution in [2.24, 2.45) is 11.7 Å². The quantitative estimate of drug-likeness (QED) is 0.774. The molecule has 0 heterocycles. The first-order chi connectivity index (χ1) is 8.81. The van der Waals surface area contributed by atoms with Crippen LogP contribution < -0.4 is 11.1 Å². The van der Waals surface area contributed by atoms with Crippen molar-refractivity contribution < 1.29 is 14.7 Å². The topological polar surface area (TPSA) is 92.4 Å². The molecule has 0 radical (unpaired) electrons. The maximum atomic E-state index is 11.8. The van der Waals surface area contributed by atoms with Crippen molar-refractivity contribution in [3.05, 3.63) is 28.2 Å². The van der Waals surface area contributed by atoms with Crippen molar-refractivity contribution in [2.45, 2.75) is 26.3 Å². The molecule has 0 saturated heterocycles. The first-order valence-corrected chi connectivity index (χ1v) is 6.70. The van der Waals surface area contributed by atoms with E-state index in [2.05, 4.69) is 21.2 Å². The van der Waals surface area contributed by atoms with Crippen LogP contribution in [-0.4, -0.2) is 23.0 Å². The third kappa shape index (κ3) is 4.65. The Morgan fingerprint density at radius 3 is 2.53 bits per heavy atom. The molecule has 0 aliphatic heterocycles. The van der Waals surface area contributed by atoms with Crippen LogP contribution in [0.15, 0.2) is 22.7 Å². The summed E-state index contributed by atoms with van der Waals surface area (Å²) < 4.78 is 0.512. The molecule has 0 bridgehead atoms. The Morgan fingerprint density at radius 1 is 1.42 bits per heavy atom. The van der Waals surface area contributed by atoms with Crippen LogP contribution in [0.25, 0.3) is 0 Å². The van der Waals surface area contributed by atoms with Gasteiger partial charge in [-0.1, -0.05) is 13.8 Å². The lowest BCUT2D eigenvalue weighted by molar-refractivity contribution is -0.117. The zero-order chi connectivity index (χ0) is 14.6. The first-order valence-electron chi connectivity index (χ1n) is 5.90. The lowest BCUT2D eigenvalue weighted by atomic mass is 10.0. The predicted molar refractivity (Wildman–Crippen MR) is 77.2 cm³/mol. The fourth-order valence-corrected chi connectivity index (χ4v) is 2.07. The predicted octanol–water partition coefficient (Wildman–Crippen LogP) is 2.46. The lowest BCUT2D eigenvalue weighted by Gasteiger charge is -2.15. The Labute approximate surface area is 120 Å². The van der Waals surface area contributed by atoms with Crippen molar-refractivity contribution in [3.8, 4) is 0 Å². The van der Waals surface area contributed by atoms with Gasteiger partial charge in [0, 0.05) is 4.47 Å². The van der Waals surface area contributed by atoms with Gasteiger partial charge in [-0.15, -0.1) is 0 Å². The standard InChI is InChI=1S/C13H17BrN2O3/c1-7(2)5-10(15)12(17)16-11-4-3-8(13(18)19)6-9(11)14/h3-4,6-7,10H,5,15H2,1-2H3,(H,16,17)(H,18,19)/t10-/m1/s1. The number of carbonyl (C=O) groups excluding carboxylic acids is 1. The van der Waals surface area contributed by atoms with Crippen LogP contribution >= 0.6 is 15.9 Å². The van der Waals surface area contributed by atoms with Gasteiger partial charge < -0.3 is 16.2 Å². The summed E-state index contributed by atoms with van der Waals surface area (Å²) in [6.45, 7) is 3.98. The van der Waals surface area contributed by atoms with Crippen LogP contribution in [0.1, 0.15) is 30.6 Å². The Kier molecular flexibility index (Phi) is 5.50. The van der Waals surface area contributed by atoms with Gasteiger partial charge >= 0.3 is 5.97 Å². The van der Waals surface area contributed by atoms with Crippen LogP contribution in [0.5, 0.6) is 0 Å². The molecule has 1 rings (SSSR count). The fourth-order valence-electron chi connectivity index (χ4n) is 1.59. The Hall–Kier alpha value is -1.40. The molecule has 1 aromatic carbocycles. The lowest BCUT2D eigenvalue weighted by Crippen LogP contribution is -2.36. The molecule has 0 spiro atoms. The van der Waals surface area contributed by atoms with Gasteiger partial charge in [0.15, 0.2) is 0 Å². The van der Waals surface area contributed by atoms with E-state index in [9.17, 15) is 9.59 Å². The van der Waals surface area contributed by atoms with E-state index in [0.717, 1.165) is 0 Å². The van der Waals surface area contributed by atoms with Gasteiger partial charge in [0.1, 0.15) is 0 Å². The Morgan fingerprint density at radius 2 is 2.05 bits per heavy atom. The zero-order valence-electron chi connectivity index (χ0n) is 10.8. The molecule has 19 heavy (non-hydrogen) atoms. The van der Waals surface area contributed by atoms with Gasteiger partial charge in [-0.25, -0.2) is 4.79 Å². The normalized spacial score (nSPS) is 12.3. The van der Waals surface area contributed by atoms with E-state index in [1.807, 2.05) is 13.8 Å². The monoisotopic (exact) mass is 328 g/mol. The molecule has 0 saturated carbocycles. The molecule has 4 N–H and O–H groups in total. The Balaban J connectivity index is 2.77. The number of nitrogens with two attached hydrogens (primary N) is 1. The highest BCUT2D eigenvalue weighted by atomic mass is 79.9. The summed E-state index contributed by atoms with van der Waals surface area (Å²) in [6.07, 6.45) is 0.594. The smallest absolute Gasteiger partial charge is 0.335 e. The maximum Gasteiger partial charge on any atom is 0.335 e. The number of halogens is 1. The van der Waals surface area contributed by atoms with Crippen LogP contribution in [0.3, 0.4) is 0 Å². The molecule has 0 aromatic heterocycles. The van der Waals surface area contributed by atoms with E-state index in [-0.39, 0.29) is 11.5 Å². The molecule has 0 unspecified atom stereocenters. The number of hydrogen-bond donors (Lipinski definition) is 3. The molecule has 1 amide bonds. The summed E-state index contributed by atoms with van der Waals surface area (Å²) in [6, 6.07) is 3.82. The number of anilines is 1. The Bertz CT molecular complexity index is 489. The fraction of sp³-hybridized carbons (Fsp3) is 0.385. The van der Waals surface area contributed by atoms with Gasteiger partial charge in [0.05, 0.1) is 17.3 Å². The highest BCUT2D eigenvalue weighted by Gasteiger charge is 2.16. The van der Waals surface area contributed by atoms with Crippen molar-refractivity contribution in [1.82, 2.24) is 0 Å². The van der Waals surface area contributed by atoms with Gasteiger partial charge in [-0.05, 0) is 46.5 Å². The third-order valence-electron chi connectivity index (χ3n) is 2.54. The van der Waals surface area contributed by atoms with Crippen molar-refractivity contribution in [3.63, 3.8) is 0 Å². The van der Waals surface area contributed by atoms with E-state index in [1.165, 1.54) is 18.2 Å². The van der Waals surface area contributed by atoms with E-state index < -0.39 is 12.0 Å². The van der Waals surface area contributed by atoms with Gasteiger partial charge in [0.25, 0.3) is 0 Å². The summed E-state index contributed by atoms with van der Waals surface area (Å²) in [4.78, 5) is 22.6. The second kappa shape index (κ2) is 6.68. The minimum atomic E-state index is -1.02. The molecule has 5 nitrogen and oxygen atoms in total. The summed E-state index contributed by atoms with van der Waals surface area (Å²) in [5, 5.41) is 11.5. The molecule has 0 fully saturated rings. The van der Waals surface area contributed by atoms with Gasteiger partial charge in [-0.3, -0.25) is 4.79 Å². The largest absolute Gasteiger partial charge is 0.478 e. The number of rotatable bonds is 5. The summed E-state index contributed by atoms with van der Waals surface area (Å²) in [7, 11) is 0. The number of benzene rings is 1. The SMILES string of the molecule is CC(C)C[C@@H](N)C(=O)Nc1ccc(C(=O)O)cc1Br. The number of carboxylic acids is 1. The highest BCUT2D eigenvalue weighted by molar-refractivity contribution is 9.10. The minimum Gasteiger partial charge on any atom is -0.478 e. The van der Waals surface area contributed by atoms with Crippen LogP contribution in [0.2, 0.25) is 0 Å². The van der Waals surface area contributed by atoms with E-state index >= 15 is 0 Å². The maximum absolute atomic E-state index is 11.8. The molecule has 6 heteroatoms. The molecule has 0 aliphatic rings. The molecule has 0 aliphatic carbocycles. The third-order valence-corrected chi connectivity index (χ3v) is 3.19. The van der Waals surface area contributed by atoms with Crippen LogP contribution in [-0.2, 0) is 4.79 Å². The number of aromatic carboxylic acids is 1. The van der Waals surface area contributed by atoms with Crippen LogP contribution in [0, 0.1) is 5.92 Å². The second-order valence-electron chi connectivity index (χ2n) is 4.73. The summed E-state index contributed by atoms with van der Waals surface area (Å²) in [5.74, 6) is -0.967. The summed E-state index contributed by atoms with van der Waals surface area (Å²) >= 11 is 3.23. The second-order valence-corrected chi connectivity index (χ2v) is 5.58. The molecule has 1 aromatic rings. The van der Waals surface area contributed by atoms with E-state index in [4.69, 9.17) is 10.8 Å². The van der Waals surface area contributed by atoms with E-state index in [1.54, 1.807) is 0 Å². The number of carbonyl (C=O) groups is 2. The van der Waals surface area contributed by atoms with Crippen molar-refractivity contribution in [2.75, 3.05) is 5.32 Å². The summed E-state index contributed by atoms with van der Waals surface area (Å²) in [5.41, 5.74) is 6.43. The minimum absolute atomic E-state index is 0.149. The number of carboxylic acid groups (broad SMARTS) is 1. The van der Waals surface area contributed by atoms with Gasteiger partial charge in [0.2, 0.25) is 5.91 Å². The number of amides is 1. The molecule has 1 atom stereocenters.